The third-order valence-corrected chi connectivity index (χ3v) is 3.36. The van der Waals surface area contributed by atoms with E-state index < -0.39 is 11.5 Å². The van der Waals surface area contributed by atoms with E-state index in [4.69, 9.17) is 0 Å². The van der Waals surface area contributed by atoms with E-state index in [-0.39, 0.29) is 35.4 Å². The number of carbonyl (C=O) groups is 1. The summed E-state index contributed by atoms with van der Waals surface area (Å²) < 4.78 is 36.0. The minimum absolute atomic E-state index is 0.0363. The first-order valence-corrected chi connectivity index (χ1v) is 6.93. The Morgan fingerprint density at radius 1 is 1.33 bits per heavy atom. The van der Waals surface area contributed by atoms with Crippen molar-refractivity contribution in [3.63, 3.8) is 0 Å². The predicted octanol–water partition coefficient (Wildman–Crippen LogP) is 3.60. The molecule has 0 bridgehead atoms. The van der Waals surface area contributed by atoms with Crippen molar-refractivity contribution in [3.8, 4) is 0 Å². The van der Waals surface area contributed by atoms with Crippen molar-refractivity contribution >= 4 is 34.5 Å². The number of pyridine rings is 1. The Bertz CT molecular complexity index is 661. The lowest BCUT2D eigenvalue weighted by atomic mass is 10.1. The van der Waals surface area contributed by atoms with Crippen LogP contribution in [0.2, 0.25) is 0 Å². The molecule has 0 aliphatic carbocycles. The minimum Gasteiger partial charge on any atom is -0.478 e. The van der Waals surface area contributed by atoms with Crippen LogP contribution in [-0.4, -0.2) is 33.9 Å². The Kier molecular flexibility index (Phi) is 4.56. The summed E-state index contributed by atoms with van der Waals surface area (Å²) in [5.74, 6) is -1.05. The molecule has 0 atom stereocenters. The summed E-state index contributed by atoms with van der Waals surface area (Å²) in [7, 11) is 0. The summed E-state index contributed by atoms with van der Waals surface area (Å²) in [5, 5.41) is 12.4. The molecular formula is C13H11F3N2O2S. The third-order valence-electron chi connectivity index (χ3n) is 2.62. The molecule has 112 valence electrons. The fourth-order valence-corrected chi connectivity index (χ4v) is 2.22. The van der Waals surface area contributed by atoms with E-state index in [0.717, 1.165) is 0 Å². The molecular weight excluding hydrogens is 305 g/mol. The Balaban J connectivity index is 2.15. The minimum atomic E-state index is -4.27. The SMILES string of the molecule is O=C(O)c1cc(NCCSC(F)(F)F)nc2ccccc12. The first-order valence-electron chi connectivity index (χ1n) is 5.94. The number of nitrogens with one attached hydrogen (secondary N) is 1. The van der Waals surface area contributed by atoms with Crippen molar-refractivity contribution in [1.82, 2.24) is 4.98 Å². The number of alkyl halides is 3. The molecule has 2 aromatic rings. The Labute approximate surface area is 122 Å². The number of anilines is 1. The number of aromatic carboxylic acids is 1. The first-order chi connectivity index (χ1) is 9.87. The number of thioether (sulfide) groups is 1. The summed E-state index contributed by atoms with van der Waals surface area (Å²) in [5.41, 5.74) is -3.74. The average Bonchev–Trinajstić information content (AvgIpc) is 2.41. The number of hydrogen-bond donors (Lipinski definition) is 2. The largest absolute Gasteiger partial charge is 0.478 e. The quantitative estimate of drug-likeness (QED) is 0.825. The monoisotopic (exact) mass is 316 g/mol. The summed E-state index contributed by atoms with van der Waals surface area (Å²) >= 11 is -0.140. The van der Waals surface area contributed by atoms with Crippen LogP contribution in [0.3, 0.4) is 0 Å². The van der Waals surface area contributed by atoms with Crippen molar-refractivity contribution < 1.29 is 23.1 Å². The highest BCUT2D eigenvalue weighted by Crippen LogP contribution is 2.29. The van der Waals surface area contributed by atoms with E-state index >= 15 is 0 Å². The van der Waals surface area contributed by atoms with Crippen LogP contribution in [0, 0.1) is 0 Å². The second kappa shape index (κ2) is 6.21. The summed E-state index contributed by atoms with van der Waals surface area (Å²) in [4.78, 5) is 15.4. The normalized spacial score (nSPS) is 11.6. The highest BCUT2D eigenvalue weighted by molar-refractivity contribution is 8.00. The van der Waals surface area contributed by atoms with Gasteiger partial charge in [-0.1, -0.05) is 18.2 Å². The molecule has 1 heterocycles. The molecule has 2 N–H and O–H groups in total. The van der Waals surface area contributed by atoms with Gasteiger partial charge in [-0.25, -0.2) is 9.78 Å². The van der Waals surface area contributed by atoms with Gasteiger partial charge in [-0.05, 0) is 23.9 Å². The molecule has 0 amide bonds. The zero-order valence-electron chi connectivity index (χ0n) is 10.6. The van der Waals surface area contributed by atoms with Gasteiger partial charge in [-0.3, -0.25) is 0 Å². The number of aromatic nitrogens is 1. The molecule has 8 heteroatoms. The number of fused-ring (bicyclic) bond motifs is 1. The molecule has 1 aromatic carbocycles. The van der Waals surface area contributed by atoms with Crippen molar-refractivity contribution in [2.45, 2.75) is 5.51 Å². The van der Waals surface area contributed by atoms with Gasteiger partial charge < -0.3 is 10.4 Å². The fourth-order valence-electron chi connectivity index (χ4n) is 1.79. The second-order valence-corrected chi connectivity index (χ2v) is 5.26. The van der Waals surface area contributed by atoms with Crippen molar-refractivity contribution in [2.75, 3.05) is 17.6 Å². The van der Waals surface area contributed by atoms with Crippen LogP contribution in [0.5, 0.6) is 0 Å². The van der Waals surface area contributed by atoms with E-state index in [0.29, 0.717) is 10.9 Å². The number of rotatable bonds is 5. The molecule has 2 rings (SSSR count). The number of carboxylic acid groups (broad SMARTS) is 1. The predicted molar refractivity (Wildman–Crippen MR) is 75.7 cm³/mol. The Hall–Kier alpha value is -1.96. The molecule has 4 nitrogen and oxygen atoms in total. The third kappa shape index (κ3) is 4.25. The maximum Gasteiger partial charge on any atom is 0.441 e. The van der Waals surface area contributed by atoms with Crippen LogP contribution >= 0.6 is 11.8 Å². The van der Waals surface area contributed by atoms with E-state index in [2.05, 4.69) is 10.3 Å². The molecule has 0 radical (unpaired) electrons. The number of hydrogen-bond acceptors (Lipinski definition) is 4. The summed E-state index contributed by atoms with van der Waals surface area (Å²) in [6.07, 6.45) is 0. The van der Waals surface area contributed by atoms with Gasteiger partial charge >= 0.3 is 11.5 Å². The fraction of sp³-hybridized carbons (Fsp3) is 0.231. The zero-order chi connectivity index (χ0) is 15.5. The zero-order valence-corrected chi connectivity index (χ0v) is 11.5. The van der Waals surface area contributed by atoms with E-state index in [1.165, 1.54) is 6.07 Å². The Morgan fingerprint density at radius 2 is 2.05 bits per heavy atom. The van der Waals surface area contributed by atoms with Gasteiger partial charge in [0.2, 0.25) is 0 Å². The molecule has 1 aromatic heterocycles. The van der Waals surface area contributed by atoms with Crippen LogP contribution in [0.1, 0.15) is 10.4 Å². The average molecular weight is 316 g/mol. The van der Waals surface area contributed by atoms with Gasteiger partial charge in [-0.2, -0.15) is 13.2 Å². The van der Waals surface area contributed by atoms with Gasteiger partial charge in [0.1, 0.15) is 5.82 Å². The lowest BCUT2D eigenvalue weighted by Crippen LogP contribution is -2.11. The van der Waals surface area contributed by atoms with Crippen molar-refractivity contribution in [2.24, 2.45) is 0 Å². The number of para-hydroxylation sites is 1. The lowest BCUT2D eigenvalue weighted by Gasteiger charge is -2.10. The van der Waals surface area contributed by atoms with Gasteiger partial charge in [0.25, 0.3) is 0 Å². The molecule has 0 fully saturated rings. The molecule has 0 saturated carbocycles. The Morgan fingerprint density at radius 3 is 2.71 bits per heavy atom. The number of benzene rings is 1. The maximum atomic E-state index is 12.0. The van der Waals surface area contributed by atoms with E-state index in [1.807, 2.05) is 0 Å². The first kappa shape index (κ1) is 15.4. The number of nitrogens with zero attached hydrogens (tertiary/aromatic N) is 1. The van der Waals surface area contributed by atoms with Crippen LogP contribution in [0.25, 0.3) is 10.9 Å². The van der Waals surface area contributed by atoms with Crippen LogP contribution in [0.15, 0.2) is 30.3 Å². The number of halogens is 3. The van der Waals surface area contributed by atoms with Crippen molar-refractivity contribution in [3.05, 3.63) is 35.9 Å². The maximum absolute atomic E-state index is 12.0. The van der Waals surface area contributed by atoms with Gasteiger partial charge in [0.15, 0.2) is 0 Å². The molecule has 0 aliphatic rings. The lowest BCUT2D eigenvalue weighted by molar-refractivity contribution is -0.0327. The van der Waals surface area contributed by atoms with E-state index in [9.17, 15) is 23.1 Å². The molecule has 0 spiro atoms. The van der Waals surface area contributed by atoms with Crippen LogP contribution in [0.4, 0.5) is 19.0 Å². The molecule has 0 aliphatic heterocycles. The smallest absolute Gasteiger partial charge is 0.441 e. The summed E-state index contributed by atoms with van der Waals surface area (Å²) in [6, 6.07) is 8.02. The highest BCUT2D eigenvalue weighted by Gasteiger charge is 2.27. The number of carboxylic acids is 1. The van der Waals surface area contributed by atoms with Gasteiger partial charge in [0, 0.05) is 17.7 Å². The van der Waals surface area contributed by atoms with Gasteiger partial charge in [-0.15, -0.1) is 0 Å². The molecule has 0 saturated heterocycles. The molecule has 0 unspecified atom stereocenters. The second-order valence-electron chi connectivity index (χ2n) is 4.10. The van der Waals surface area contributed by atoms with Crippen molar-refractivity contribution in [1.29, 1.82) is 0 Å². The highest BCUT2D eigenvalue weighted by atomic mass is 32.2. The van der Waals surface area contributed by atoms with Crippen LogP contribution in [-0.2, 0) is 0 Å². The standard InChI is InChI=1S/C13H11F3N2O2S/c14-13(15,16)21-6-5-17-11-7-9(12(19)20)8-3-1-2-4-10(8)18-11/h1-4,7H,5-6H2,(H,17,18)(H,19,20). The van der Waals surface area contributed by atoms with E-state index in [1.54, 1.807) is 24.3 Å². The summed E-state index contributed by atoms with van der Waals surface area (Å²) in [6.45, 7) is 0.0363. The topological polar surface area (TPSA) is 62.2 Å². The van der Waals surface area contributed by atoms with Crippen LogP contribution < -0.4 is 5.32 Å². The van der Waals surface area contributed by atoms with Gasteiger partial charge in [0.05, 0.1) is 11.1 Å². The molecule has 21 heavy (non-hydrogen) atoms.